The van der Waals surface area contributed by atoms with E-state index in [-0.39, 0.29) is 11.1 Å². The van der Waals surface area contributed by atoms with Crippen molar-refractivity contribution in [2.75, 3.05) is 0 Å². The van der Waals surface area contributed by atoms with Gasteiger partial charge in [0, 0.05) is 16.7 Å². The van der Waals surface area contributed by atoms with E-state index in [1.807, 2.05) is 44.2 Å². The van der Waals surface area contributed by atoms with E-state index >= 15 is 0 Å². The van der Waals surface area contributed by atoms with Gasteiger partial charge in [-0.3, -0.25) is 0 Å². The summed E-state index contributed by atoms with van der Waals surface area (Å²) in [5.74, 6) is -1.77. The van der Waals surface area contributed by atoms with Crippen LogP contribution in [-0.2, 0) is 0 Å². The molecule has 0 aliphatic carbocycles. The van der Waals surface area contributed by atoms with Crippen LogP contribution in [0.1, 0.15) is 22.3 Å². The molecular formula is C28H24F4. The Labute approximate surface area is 186 Å². The van der Waals surface area contributed by atoms with E-state index in [1.165, 1.54) is 31.2 Å². The van der Waals surface area contributed by atoms with Crippen molar-refractivity contribution in [1.82, 2.24) is 0 Å². The molecule has 0 aromatic heterocycles. The SMILES string of the molecule is Cc1cc(F)c(C)c(F)c1.Cc1ccc(-c2ccc(-c3ccc(C)cc3F)c(F)c2)cc1. The summed E-state index contributed by atoms with van der Waals surface area (Å²) in [6, 6.07) is 20.3. The molecule has 32 heavy (non-hydrogen) atoms. The van der Waals surface area contributed by atoms with Crippen LogP contribution in [-0.4, -0.2) is 0 Å². The van der Waals surface area contributed by atoms with Gasteiger partial charge in [-0.15, -0.1) is 0 Å². The fourth-order valence-electron chi connectivity index (χ4n) is 3.27. The minimum atomic E-state index is -0.475. The average molecular weight is 436 g/mol. The minimum Gasteiger partial charge on any atom is -0.207 e. The maximum Gasteiger partial charge on any atom is 0.131 e. The Morgan fingerprint density at radius 2 is 0.844 bits per heavy atom. The van der Waals surface area contributed by atoms with Crippen molar-refractivity contribution in [3.8, 4) is 22.3 Å². The lowest BCUT2D eigenvalue weighted by Gasteiger charge is -2.09. The molecule has 0 unspecified atom stereocenters. The highest BCUT2D eigenvalue weighted by Crippen LogP contribution is 2.30. The number of benzene rings is 4. The molecule has 0 radical (unpaired) electrons. The average Bonchev–Trinajstić information content (AvgIpc) is 2.73. The molecule has 0 N–H and O–H groups in total. The number of aryl methyl sites for hydroxylation is 3. The summed E-state index contributed by atoms with van der Waals surface area (Å²) in [7, 11) is 0. The molecule has 0 aliphatic heterocycles. The Morgan fingerprint density at radius 3 is 1.38 bits per heavy atom. The lowest BCUT2D eigenvalue weighted by atomic mass is 9.98. The maximum absolute atomic E-state index is 14.4. The van der Waals surface area contributed by atoms with E-state index < -0.39 is 23.3 Å². The van der Waals surface area contributed by atoms with Crippen LogP contribution in [0.5, 0.6) is 0 Å². The smallest absolute Gasteiger partial charge is 0.131 e. The van der Waals surface area contributed by atoms with Crippen molar-refractivity contribution >= 4 is 0 Å². The fraction of sp³-hybridized carbons (Fsp3) is 0.143. The first-order valence-corrected chi connectivity index (χ1v) is 10.2. The molecule has 0 atom stereocenters. The Hall–Kier alpha value is -3.40. The van der Waals surface area contributed by atoms with Crippen molar-refractivity contribution in [2.24, 2.45) is 0 Å². The maximum atomic E-state index is 14.4. The monoisotopic (exact) mass is 436 g/mol. The lowest BCUT2D eigenvalue weighted by molar-refractivity contribution is 0.566. The molecule has 0 heterocycles. The molecule has 0 saturated carbocycles. The second-order valence-corrected chi connectivity index (χ2v) is 7.90. The van der Waals surface area contributed by atoms with E-state index in [0.717, 1.165) is 22.3 Å². The van der Waals surface area contributed by atoms with Gasteiger partial charge in [0.25, 0.3) is 0 Å². The quantitative estimate of drug-likeness (QED) is 0.276. The van der Waals surface area contributed by atoms with E-state index in [4.69, 9.17) is 0 Å². The van der Waals surface area contributed by atoms with Crippen LogP contribution in [0, 0.1) is 51.0 Å². The molecule has 0 amide bonds. The number of hydrogen-bond donors (Lipinski definition) is 0. The third kappa shape index (κ3) is 5.44. The van der Waals surface area contributed by atoms with Crippen LogP contribution < -0.4 is 0 Å². The molecule has 0 spiro atoms. The molecule has 4 aromatic rings. The fourth-order valence-corrected chi connectivity index (χ4v) is 3.27. The van der Waals surface area contributed by atoms with Crippen LogP contribution in [0.25, 0.3) is 22.3 Å². The van der Waals surface area contributed by atoms with Crippen molar-refractivity contribution in [3.63, 3.8) is 0 Å². The van der Waals surface area contributed by atoms with E-state index in [0.29, 0.717) is 11.1 Å². The largest absolute Gasteiger partial charge is 0.207 e. The molecule has 4 heteroatoms. The van der Waals surface area contributed by atoms with Gasteiger partial charge >= 0.3 is 0 Å². The van der Waals surface area contributed by atoms with Gasteiger partial charge < -0.3 is 0 Å². The summed E-state index contributed by atoms with van der Waals surface area (Å²) in [6.07, 6.45) is 0. The first-order valence-electron chi connectivity index (χ1n) is 10.2. The van der Waals surface area contributed by atoms with Crippen LogP contribution in [0.3, 0.4) is 0 Å². The van der Waals surface area contributed by atoms with Crippen molar-refractivity contribution < 1.29 is 17.6 Å². The van der Waals surface area contributed by atoms with Crippen LogP contribution in [0.2, 0.25) is 0 Å². The molecular weight excluding hydrogens is 412 g/mol. The van der Waals surface area contributed by atoms with Gasteiger partial charge in [-0.05, 0) is 74.2 Å². The van der Waals surface area contributed by atoms with Gasteiger partial charge in [0.2, 0.25) is 0 Å². The van der Waals surface area contributed by atoms with Crippen molar-refractivity contribution in [2.45, 2.75) is 27.7 Å². The third-order valence-electron chi connectivity index (χ3n) is 5.19. The molecule has 4 rings (SSSR count). The summed E-state index contributed by atoms with van der Waals surface area (Å²) in [5.41, 5.74) is 4.98. The minimum absolute atomic E-state index is 0.0885. The Balaban J connectivity index is 0.000000243. The molecule has 4 aromatic carbocycles. The molecule has 0 bridgehead atoms. The lowest BCUT2D eigenvalue weighted by Crippen LogP contribution is -1.90. The van der Waals surface area contributed by atoms with Crippen molar-refractivity contribution in [3.05, 3.63) is 118 Å². The zero-order valence-electron chi connectivity index (χ0n) is 18.4. The summed E-state index contributed by atoms with van der Waals surface area (Å²) in [6.45, 7) is 6.90. The van der Waals surface area contributed by atoms with E-state index in [9.17, 15) is 17.6 Å². The molecule has 164 valence electrons. The van der Waals surface area contributed by atoms with Gasteiger partial charge in [0.1, 0.15) is 23.3 Å². The first kappa shape index (κ1) is 23.3. The Kier molecular flexibility index (Phi) is 7.14. The number of halogens is 4. The third-order valence-corrected chi connectivity index (χ3v) is 5.19. The second kappa shape index (κ2) is 9.82. The summed E-state index contributed by atoms with van der Waals surface area (Å²) in [5, 5.41) is 0. The Bertz CT molecular complexity index is 1220. The predicted octanol–water partition coefficient (Wildman–Crippen LogP) is 8.50. The number of rotatable bonds is 2. The van der Waals surface area contributed by atoms with E-state index in [2.05, 4.69) is 0 Å². The highest BCUT2D eigenvalue weighted by atomic mass is 19.1. The predicted molar refractivity (Wildman–Crippen MR) is 123 cm³/mol. The van der Waals surface area contributed by atoms with E-state index in [1.54, 1.807) is 25.1 Å². The standard InChI is InChI=1S/C20H16F2.C8H8F2/c1-13-3-6-15(7-4-13)16-8-10-18(20(22)12-16)17-9-5-14(2)11-19(17)21;1-5-3-7(9)6(2)8(10)4-5/h3-12H,1-2H3;3-4H,1-2H3. The second-order valence-electron chi connectivity index (χ2n) is 7.90. The van der Waals surface area contributed by atoms with Crippen LogP contribution in [0.15, 0.2) is 72.8 Å². The van der Waals surface area contributed by atoms with Gasteiger partial charge in [0.05, 0.1) is 0 Å². The topological polar surface area (TPSA) is 0 Å². The molecule has 0 fully saturated rings. The van der Waals surface area contributed by atoms with Gasteiger partial charge in [-0.1, -0.05) is 54.1 Å². The molecule has 0 nitrogen and oxygen atoms in total. The van der Waals surface area contributed by atoms with Crippen LogP contribution >= 0.6 is 0 Å². The molecule has 0 saturated heterocycles. The zero-order chi connectivity index (χ0) is 23.4. The summed E-state index contributed by atoms with van der Waals surface area (Å²) in [4.78, 5) is 0. The summed E-state index contributed by atoms with van der Waals surface area (Å²) < 4.78 is 53.6. The van der Waals surface area contributed by atoms with Crippen molar-refractivity contribution in [1.29, 1.82) is 0 Å². The zero-order valence-corrected chi connectivity index (χ0v) is 18.4. The highest BCUT2D eigenvalue weighted by molar-refractivity contribution is 5.71. The van der Waals surface area contributed by atoms with Gasteiger partial charge in [-0.25, -0.2) is 17.6 Å². The molecule has 0 aliphatic rings. The summed E-state index contributed by atoms with van der Waals surface area (Å²) >= 11 is 0. The first-order chi connectivity index (χ1) is 15.2. The normalized spacial score (nSPS) is 10.5. The highest BCUT2D eigenvalue weighted by Gasteiger charge is 2.11. The van der Waals surface area contributed by atoms with Gasteiger partial charge in [0.15, 0.2) is 0 Å². The number of hydrogen-bond acceptors (Lipinski definition) is 0. The van der Waals surface area contributed by atoms with Gasteiger partial charge in [-0.2, -0.15) is 0 Å². The van der Waals surface area contributed by atoms with Crippen LogP contribution in [0.4, 0.5) is 17.6 Å². The Morgan fingerprint density at radius 1 is 0.406 bits per heavy atom.